The monoisotopic (exact) mass is 486 g/mol. The lowest BCUT2D eigenvalue weighted by atomic mass is 10.1. The second-order valence-corrected chi connectivity index (χ2v) is 8.70. The summed E-state index contributed by atoms with van der Waals surface area (Å²) in [5, 5.41) is 0. The molecule has 28 heavy (non-hydrogen) atoms. The third kappa shape index (κ3) is 4.26. The van der Waals surface area contributed by atoms with E-state index in [0.29, 0.717) is 4.91 Å². The lowest BCUT2D eigenvalue weighted by Gasteiger charge is -2.16. The molecule has 1 saturated heterocycles. The number of alkyl halides is 3. The smallest absolute Gasteiger partial charge is 0.377 e. The molecule has 3 nitrogen and oxygen atoms in total. The summed E-state index contributed by atoms with van der Waals surface area (Å²) < 4.78 is 40.0. The average Bonchev–Trinajstić information content (AvgIpc) is 2.87. The van der Waals surface area contributed by atoms with Crippen LogP contribution in [0.1, 0.15) is 11.1 Å². The number of benzene rings is 2. The fourth-order valence-electron chi connectivity index (χ4n) is 2.64. The normalized spacial score (nSPS) is 16.2. The lowest BCUT2D eigenvalue weighted by molar-refractivity contribution is -0.137. The van der Waals surface area contributed by atoms with E-state index < -0.39 is 17.6 Å². The summed E-state index contributed by atoms with van der Waals surface area (Å²) in [6, 6.07) is 10.2. The first-order chi connectivity index (χ1) is 13.1. The first-order valence-corrected chi connectivity index (χ1v) is 10.0. The van der Waals surface area contributed by atoms with Crippen LogP contribution in [0.15, 0.2) is 51.8 Å². The maximum Gasteiger partial charge on any atom is 0.416 e. The highest BCUT2D eigenvalue weighted by Gasteiger charge is 2.36. The van der Waals surface area contributed by atoms with Crippen molar-refractivity contribution in [3.8, 4) is 0 Å². The van der Waals surface area contributed by atoms with Crippen LogP contribution >= 0.6 is 39.9 Å². The molecule has 3 rings (SSSR count). The first-order valence-electron chi connectivity index (χ1n) is 8.00. The van der Waals surface area contributed by atoms with Gasteiger partial charge in [-0.15, -0.1) is 0 Å². The molecule has 0 radical (unpaired) electrons. The zero-order valence-corrected chi connectivity index (χ0v) is 18.0. The molecule has 0 aliphatic carbocycles. The molecule has 9 heteroatoms. The second-order valence-electron chi connectivity index (χ2n) is 6.17. The summed E-state index contributed by atoms with van der Waals surface area (Å²) in [5.74, 6) is -0.442. The highest BCUT2D eigenvalue weighted by Crippen LogP contribution is 2.39. The third-order valence-corrected chi connectivity index (χ3v) is 5.91. The zero-order valence-electron chi connectivity index (χ0n) is 14.7. The first kappa shape index (κ1) is 20.9. The van der Waals surface area contributed by atoms with Gasteiger partial charge in [0.1, 0.15) is 0 Å². The van der Waals surface area contributed by atoms with Gasteiger partial charge in [0.2, 0.25) is 0 Å². The van der Waals surface area contributed by atoms with Gasteiger partial charge in [-0.1, -0.05) is 36.1 Å². The van der Waals surface area contributed by atoms with Crippen molar-refractivity contribution >= 4 is 67.6 Å². The van der Waals surface area contributed by atoms with Crippen LogP contribution in [-0.2, 0) is 11.0 Å². The van der Waals surface area contributed by atoms with Gasteiger partial charge in [0, 0.05) is 18.6 Å². The average molecular weight is 487 g/mol. The number of hydrogen-bond acceptors (Lipinski definition) is 4. The standard InChI is InChI=1S/C19H14BrF3N2OS2/c1-24(2)15-7-6-11(8-14(15)20)9-16-17(26)25(18(27)28-16)13-5-3-4-12(10-13)19(21,22)23/h3-10H,1-2H3. The summed E-state index contributed by atoms with van der Waals surface area (Å²) in [5.41, 5.74) is 1.03. The number of amides is 1. The molecule has 0 atom stereocenters. The van der Waals surface area contributed by atoms with Crippen molar-refractivity contribution in [2.24, 2.45) is 0 Å². The number of hydrogen-bond donors (Lipinski definition) is 0. The number of carbonyl (C=O) groups is 1. The van der Waals surface area contributed by atoms with E-state index in [0.717, 1.165) is 44.5 Å². The molecular formula is C19H14BrF3N2OS2. The predicted molar refractivity (Wildman–Crippen MR) is 116 cm³/mol. The van der Waals surface area contributed by atoms with Crippen LogP contribution in [0.3, 0.4) is 0 Å². The Labute approximate surface area is 178 Å². The van der Waals surface area contributed by atoms with Gasteiger partial charge in [0.05, 0.1) is 21.8 Å². The van der Waals surface area contributed by atoms with Crippen LogP contribution in [0.4, 0.5) is 24.5 Å². The summed E-state index contributed by atoms with van der Waals surface area (Å²) >= 11 is 9.80. The van der Waals surface area contributed by atoms with Gasteiger partial charge in [-0.25, -0.2) is 0 Å². The Hall–Kier alpha value is -1.84. The van der Waals surface area contributed by atoms with Gasteiger partial charge in [0.25, 0.3) is 5.91 Å². The van der Waals surface area contributed by atoms with Gasteiger partial charge in [-0.2, -0.15) is 13.2 Å². The minimum Gasteiger partial charge on any atom is -0.377 e. The Kier molecular flexibility index (Phi) is 5.88. The molecule has 2 aromatic carbocycles. The molecule has 1 heterocycles. The maximum absolute atomic E-state index is 13.0. The molecule has 1 amide bonds. The second kappa shape index (κ2) is 7.88. The SMILES string of the molecule is CN(C)c1ccc(C=C2SC(=S)N(c3cccc(C(F)(F)F)c3)C2=O)cc1Br. The highest BCUT2D eigenvalue weighted by atomic mass is 79.9. The Morgan fingerprint density at radius 3 is 2.50 bits per heavy atom. The zero-order chi connectivity index (χ0) is 20.6. The minimum absolute atomic E-state index is 0.102. The van der Waals surface area contributed by atoms with Crippen molar-refractivity contribution in [3.05, 3.63) is 63.0 Å². The summed E-state index contributed by atoms with van der Waals surface area (Å²) in [7, 11) is 3.83. The summed E-state index contributed by atoms with van der Waals surface area (Å²) in [6.45, 7) is 0. The number of carbonyl (C=O) groups excluding carboxylic acids is 1. The van der Waals surface area contributed by atoms with Gasteiger partial charge in [0.15, 0.2) is 4.32 Å². The Morgan fingerprint density at radius 1 is 1.18 bits per heavy atom. The van der Waals surface area contributed by atoms with E-state index in [2.05, 4.69) is 15.9 Å². The van der Waals surface area contributed by atoms with Crippen molar-refractivity contribution in [2.45, 2.75) is 6.18 Å². The van der Waals surface area contributed by atoms with E-state index in [4.69, 9.17) is 12.2 Å². The van der Waals surface area contributed by atoms with Gasteiger partial charge < -0.3 is 4.90 Å². The van der Waals surface area contributed by atoms with Gasteiger partial charge >= 0.3 is 6.18 Å². The van der Waals surface area contributed by atoms with E-state index in [1.807, 2.05) is 37.2 Å². The quantitative estimate of drug-likeness (QED) is 0.395. The number of thiocarbonyl (C=S) groups is 1. The molecule has 0 spiro atoms. The third-order valence-electron chi connectivity index (χ3n) is 3.98. The van der Waals surface area contributed by atoms with E-state index in [1.54, 1.807) is 6.08 Å². The van der Waals surface area contributed by atoms with Crippen molar-refractivity contribution < 1.29 is 18.0 Å². The fraction of sp³-hybridized carbons (Fsp3) is 0.158. The van der Waals surface area contributed by atoms with Crippen LogP contribution in [0.25, 0.3) is 6.08 Å². The largest absolute Gasteiger partial charge is 0.416 e. The molecular weight excluding hydrogens is 473 g/mol. The van der Waals surface area contributed by atoms with Crippen LogP contribution in [0.5, 0.6) is 0 Å². The van der Waals surface area contributed by atoms with Crippen LogP contribution in [0, 0.1) is 0 Å². The highest BCUT2D eigenvalue weighted by molar-refractivity contribution is 9.10. The Bertz CT molecular complexity index is 989. The molecule has 1 aliphatic rings. The molecule has 1 aliphatic heterocycles. The van der Waals surface area contributed by atoms with Crippen LogP contribution < -0.4 is 9.80 Å². The number of thioether (sulfide) groups is 1. The molecule has 0 saturated carbocycles. The molecule has 0 aromatic heterocycles. The van der Waals surface area contributed by atoms with Crippen molar-refractivity contribution in [2.75, 3.05) is 23.9 Å². The number of rotatable bonds is 3. The van der Waals surface area contributed by atoms with Crippen LogP contribution in [-0.4, -0.2) is 24.3 Å². The summed E-state index contributed by atoms with van der Waals surface area (Å²) in [6.07, 6.45) is -2.82. The van der Waals surface area contributed by atoms with E-state index in [-0.39, 0.29) is 10.0 Å². The van der Waals surface area contributed by atoms with Crippen molar-refractivity contribution in [3.63, 3.8) is 0 Å². The van der Waals surface area contributed by atoms with Crippen molar-refractivity contribution in [1.29, 1.82) is 0 Å². The van der Waals surface area contributed by atoms with E-state index in [1.165, 1.54) is 12.1 Å². The van der Waals surface area contributed by atoms with Gasteiger partial charge in [-0.3, -0.25) is 9.69 Å². The number of nitrogens with zero attached hydrogens (tertiary/aromatic N) is 2. The Morgan fingerprint density at radius 2 is 1.89 bits per heavy atom. The Balaban J connectivity index is 1.92. The molecule has 1 fully saturated rings. The fourth-order valence-corrected chi connectivity index (χ4v) is 4.69. The van der Waals surface area contributed by atoms with Gasteiger partial charge in [-0.05, 0) is 57.9 Å². The maximum atomic E-state index is 13.0. The molecule has 146 valence electrons. The molecule has 0 N–H and O–H groups in total. The van der Waals surface area contributed by atoms with E-state index in [9.17, 15) is 18.0 Å². The molecule has 0 bridgehead atoms. The minimum atomic E-state index is -4.49. The topological polar surface area (TPSA) is 23.6 Å². The summed E-state index contributed by atoms with van der Waals surface area (Å²) in [4.78, 5) is 16.2. The van der Waals surface area contributed by atoms with E-state index >= 15 is 0 Å². The number of anilines is 2. The van der Waals surface area contributed by atoms with Crippen molar-refractivity contribution in [1.82, 2.24) is 0 Å². The lowest BCUT2D eigenvalue weighted by Crippen LogP contribution is -2.27. The van der Waals surface area contributed by atoms with Crippen LogP contribution in [0.2, 0.25) is 0 Å². The molecule has 2 aromatic rings. The predicted octanol–water partition coefficient (Wildman–Crippen LogP) is 5.94. The molecule has 0 unspecified atom stereocenters. The number of halogens is 4.